The Hall–Kier alpha value is -0.730. The molecule has 0 saturated carbocycles. The third-order valence-electron chi connectivity index (χ3n) is 2.57. The smallest absolute Gasteiger partial charge is 0.204 e. The van der Waals surface area contributed by atoms with Crippen molar-refractivity contribution in [2.45, 2.75) is 26.4 Å². The molecule has 1 unspecified atom stereocenters. The minimum absolute atomic E-state index is 0.159. The van der Waals surface area contributed by atoms with E-state index in [0.717, 1.165) is 18.6 Å². The number of hydrogen-bond donors (Lipinski definition) is 0. The second-order valence-electron chi connectivity index (χ2n) is 4.89. The Morgan fingerprint density at radius 2 is 1.83 bits per heavy atom. The molecular weight excluding hydrogens is 257 g/mol. The van der Waals surface area contributed by atoms with Gasteiger partial charge < -0.3 is 4.52 Å². The molecule has 0 N–H and O–H groups in total. The summed E-state index contributed by atoms with van der Waals surface area (Å²) >= 11 is 0. The van der Waals surface area contributed by atoms with Gasteiger partial charge in [-0.15, -0.1) is 0 Å². The highest BCUT2D eigenvalue weighted by atomic mass is 31.2. The second kappa shape index (κ2) is 6.44. The molecule has 1 aromatic rings. The molecule has 5 heteroatoms. The van der Waals surface area contributed by atoms with Gasteiger partial charge in [0.25, 0.3) is 0 Å². The molecule has 0 aliphatic heterocycles. The minimum atomic E-state index is -3.00. The predicted molar refractivity (Wildman–Crippen MR) is 69.0 cm³/mol. The Kier molecular flexibility index (Phi) is 5.48. The van der Waals surface area contributed by atoms with Crippen molar-refractivity contribution in [2.75, 3.05) is 13.3 Å². The molecule has 0 aromatic heterocycles. The molecule has 1 rings (SSSR count). The van der Waals surface area contributed by atoms with Crippen molar-refractivity contribution in [3.63, 3.8) is 0 Å². The first kappa shape index (κ1) is 15.3. The fourth-order valence-corrected chi connectivity index (χ4v) is 2.96. The zero-order valence-electron chi connectivity index (χ0n) is 11.0. The van der Waals surface area contributed by atoms with Gasteiger partial charge in [-0.25, -0.2) is 8.78 Å². The van der Waals surface area contributed by atoms with Gasteiger partial charge in [0.1, 0.15) is 11.6 Å². The number of benzene rings is 1. The summed E-state index contributed by atoms with van der Waals surface area (Å²) in [4.78, 5) is 0. The van der Waals surface area contributed by atoms with Gasteiger partial charge in [-0.2, -0.15) is 0 Å². The molecule has 0 aliphatic rings. The molecule has 1 atom stereocenters. The summed E-state index contributed by atoms with van der Waals surface area (Å²) in [6, 6.07) is 3.60. The summed E-state index contributed by atoms with van der Waals surface area (Å²) in [6.45, 7) is 5.82. The van der Waals surface area contributed by atoms with E-state index >= 15 is 0 Å². The molecule has 0 saturated heterocycles. The maximum absolute atomic E-state index is 13.4. The molecule has 0 aliphatic carbocycles. The Labute approximate surface area is 107 Å². The van der Waals surface area contributed by atoms with Crippen LogP contribution in [0.1, 0.15) is 25.8 Å². The van der Waals surface area contributed by atoms with Crippen molar-refractivity contribution in [1.82, 2.24) is 0 Å². The van der Waals surface area contributed by atoms with E-state index in [0.29, 0.717) is 12.5 Å². The van der Waals surface area contributed by atoms with E-state index in [9.17, 15) is 13.3 Å². The highest BCUT2D eigenvalue weighted by Crippen LogP contribution is 2.47. The van der Waals surface area contributed by atoms with Gasteiger partial charge in [0.2, 0.25) is 7.37 Å². The molecule has 0 radical (unpaired) electrons. The second-order valence-corrected chi connectivity index (χ2v) is 7.49. The normalized spacial score (nSPS) is 14.8. The van der Waals surface area contributed by atoms with Gasteiger partial charge in [-0.1, -0.05) is 19.9 Å². The van der Waals surface area contributed by atoms with Crippen molar-refractivity contribution in [3.8, 4) is 0 Å². The summed E-state index contributed by atoms with van der Waals surface area (Å²) in [5, 5.41) is 0. The Balaban J connectivity index is 2.67. The van der Waals surface area contributed by atoms with Crippen LogP contribution in [0, 0.1) is 17.6 Å². The highest BCUT2D eigenvalue weighted by Gasteiger charge is 2.21. The first-order chi connectivity index (χ1) is 8.32. The average Bonchev–Trinajstić information content (AvgIpc) is 2.23. The lowest BCUT2D eigenvalue weighted by Gasteiger charge is -2.15. The lowest BCUT2D eigenvalue weighted by molar-refractivity contribution is 0.289. The van der Waals surface area contributed by atoms with Crippen LogP contribution in [0.2, 0.25) is 0 Å². The van der Waals surface area contributed by atoms with E-state index in [1.54, 1.807) is 0 Å². The van der Waals surface area contributed by atoms with Crippen LogP contribution in [0.5, 0.6) is 0 Å². The average molecular weight is 276 g/mol. The number of rotatable bonds is 6. The van der Waals surface area contributed by atoms with Crippen LogP contribution < -0.4 is 0 Å². The monoisotopic (exact) mass is 276 g/mol. The van der Waals surface area contributed by atoms with E-state index in [1.807, 2.05) is 13.8 Å². The van der Waals surface area contributed by atoms with Gasteiger partial charge in [0, 0.05) is 12.2 Å². The van der Waals surface area contributed by atoms with Crippen LogP contribution in [-0.4, -0.2) is 13.3 Å². The predicted octanol–water partition coefficient (Wildman–Crippen LogP) is 4.44. The van der Waals surface area contributed by atoms with Crippen molar-refractivity contribution in [3.05, 3.63) is 35.4 Å². The first-order valence-corrected chi connectivity index (χ1v) is 8.21. The zero-order valence-corrected chi connectivity index (χ0v) is 11.8. The van der Waals surface area contributed by atoms with Crippen LogP contribution >= 0.6 is 7.37 Å². The highest BCUT2D eigenvalue weighted by molar-refractivity contribution is 7.57. The quantitative estimate of drug-likeness (QED) is 0.718. The number of hydrogen-bond acceptors (Lipinski definition) is 2. The summed E-state index contributed by atoms with van der Waals surface area (Å²) in [7, 11) is -3.00. The largest absolute Gasteiger partial charge is 0.328 e. The number of halogens is 2. The topological polar surface area (TPSA) is 26.3 Å². The van der Waals surface area contributed by atoms with Gasteiger partial charge in [-0.3, -0.25) is 4.57 Å². The van der Waals surface area contributed by atoms with Gasteiger partial charge >= 0.3 is 0 Å². The lowest BCUT2D eigenvalue weighted by Crippen LogP contribution is -2.01. The summed E-state index contributed by atoms with van der Waals surface area (Å²) < 4.78 is 44.2. The molecule has 102 valence electrons. The molecule has 18 heavy (non-hydrogen) atoms. The molecule has 0 fully saturated rings. The van der Waals surface area contributed by atoms with Crippen LogP contribution in [-0.2, 0) is 15.3 Å². The van der Waals surface area contributed by atoms with Crippen molar-refractivity contribution in [2.24, 2.45) is 5.92 Å². The van der Waals surface area contributed by atoms with Crippen LogP contribution in [0.4, 0.5) is 8.78 Å². The Bertz CT molecular complexity index is 426. The van der Waals surface area contributed by atoms with E-state index in [2.05, 4.69) is 0 Å². The van der Waals surface area contributed by atoms with E-state index in [1.165, 1.54) is 12.7 Å². The fraction of sp³-hybridized carbons (Fsp3) is 0.538. The SMILES string of the molecule is CC(C)CCOP(C)(=O)Cc1c(F)cccc1F. The zero-order chi connectivity index (χ0) is 13.8. The van der Waals surface area contributed by atoms with Gasteiger partial charge in [0.05, 0.1) is 12.8 Å². The van der Waals surface area contributed by atoms with Crippen LogP contribution in [0.3, 0.4) is 0 Å². The minimum Gasteiger partial charge on any atom is -0.328 e. The molecular formula is C13H19F2O2P. The summed E-state index contributed by atoms with van der Waals surface area (Å²) in [5.74, 6) is -0.913. The van der Waals surface area contributed by atoms with E-state index in [-0.39, 0.29) is 11.7 Å². The fourth-order valence-electron chi connectivity index (χ4n) is 1.50. The first-order valence-electron chi connectivity index (χ1n) is 5.96. The van der Waals surface area contributed by atoms with Crippen molar-refractivity contribution < 1.29 is 17.9 Å². The van der Waals surface area contributed by atoms with Gasteiger partial charge in [-0.05, 0) is 24.5 Å². The summed E-state index contributed by atoms with van der Waals surface area (Å²) in [6.07, 6.45) is 0.571. The lowest BCUT2D eigenvalue weighted by atomic mass is 10.2. The molecule has 0 bridgehead atoms. The van der Waals surface area contributed by atoms with E-state index in [4.69, 9.17) is 4.52 Å². The molecule has 0 heterocycles. The van der Waals surface area contributed by atoms with Crippen molar-refractivity contribution >= 4 is 7.37 Å². The summed E-state index contributed by atoms with van der Waals surface area (Å²) in [5.41, 5.74) is -0.159. The molecule has 0 amide bonds. The van der Waals surface area contributed by atoms with Crippen molar-refractivity contribution in [1.29, 1.82) is 0 Å². The van der Waals surface area contributed by atoms with E-state index < -0.39 is 19.0 Å². The maximum Gasteiger partial charge on any atom is 0.204 e. The Morgan fingerprint density at radius 1 is 1.28 bits per heavy atom. The third kappa shape index (κ3) is 4.87. The van der Waals surface area contributed by atoms with Crippen LogP contribution in [0.15, 0.2) is 18.2 Å². The maximum atomic E-state index is 13.4. The molecule has 2 nitrogen and oxygen atoms in total. The molecule has 0 spiro atoms. The van der Waals surface area contributed by atoms with Gasteiger partial charge in [0.15, 0.2) is 0 Å². The third-order valence-corrected chi connectivity index (χ3v) is 4.19. The van der Waals surface area contributed by atoms with Crippen LogP contribution in [0.25, 0.3) is 0 Å². The molecule has 1 aromatic carbocycles. The standard InChI is InChI=1S/C13H19F2O2P/c1-10(2)7-8-17-18(3,16)9-11-12(14)5-4-6-13(11)15/h4-6,10H,7-9H2,1-3H3. The Morgan fingerprint density at radius 3 is 2.33 bits per heavy atom.